The molecule has 1 aromatic heterocycles. The van der Waals surface area contributed by atoms with Crippen molar-refractivity contribution in [1.82, 2.24) is 9.97 Å². The van der Waals surface area contributed by atoms with Crippen molar-refractivity contribution in [1.29, 1.82) is 0 Å². The third-order valence-corrected chi connectivity index (χ3v) is 2.34. The summed E-state index contributed by atoms with van der Waals surface area (Å²) < 4.78 is 0. The van der Waals surface area contributed by atoms with Gasteiger partial charge in [0.05, 0.1) is 23.9 Å². The summed E-state index contributed by atoms with van der Waals surface area (Å²) in [7, 11) is 1.70. The summed E-state index contributed by atoms with van der Waals surface area (Å²) in [5, 5.41) is 0. The summed E-state index contributed by atoms with van der Waals surface area (Å²) in [5.74, 6) is -0.117. The number of aromatic nitrogens is 2. The standard InChI is InChI=1S/C10H12N4O/c1-14(10(15)5-11)7-2-3-8-9(4-7)13-6-12-8/h2-4,6H,5,11H2,1H3,(H,12,13). The Kier molecular flexibility index (Phi) is 2.39. The van der Waals surface area contributed by atoms with Gasteiger partial charge in [0.25, 0.3) is 0 Å². The SMILES string of the molecule is CN(C(=O)CN)c1ccc2nc[nH]c2c1. The van der Waals surface area contributed by atoms with Gasteiger partial charge in [-0.3, -0.25) is 4.79 Å². The van der Waals surface area contributed by atoms with E-state index in [2.05, 4.69) is 9.97 Å². The van der Waals surface area contributed by atoms with E-state index in [4.69, 9.17) is 5.73 Å². The summed E-state index contributed by atoms with van der Waals surface area (Å²) in [5.41, 5.74) is 7.89. The van der Waals surface area contributed by atoms with E-state index in [-0.39, 0.29) is 12.5 Å². The first-order valence-electron chi connectivity index (χ1n) is 4.62. The van der Waals surface area contributed by atoms with Crippen LogP contribution in [0.3, 0.4) is 0 Å². The molecule has 0 fully saturated rings. The van der Waals surface area contributed by atoms with E-state index in [1.54, 1.807) is 13.4 Å². The van der Waals surface area contributed by atoms with Gasteiger partial charge in [-0.2, -0.15) is 0 Å². The highest BCUT2D eigenvalue weighted by atomic mass is 16.2. The van der Waals surface area contributed by atoms with Crippen LogP contribution < -0.4 is 10.6 Å². The van der Waals surface area contributed by atoms with Crippen molar-refractivity contribution in [3.05, 3.63) is 24.5 Å². The van der Waals surface area contributed by atoms with Crippen LogP contribution in [0.4, 0.5) is 5.69 Å². The molecule has 0 unspecified atom stereocenters. The van der Waals surface area contributed by atoms with Crippen LogP contribution in [0, 0.1) is 0 Å². The zero-order valence-corrected chi connectivity index (χ0v) is 8.40. The number of fused-ring (bicyclic) bond motifs is 1. The molecule has 0 spiro atoms. The number of hydrogen-bond acceptors (Lipinski definition) is 3. The Labute approximate surface area is 86.9 Å². The monoisotopic (exact) mass is 204 g/mol. The highest BCUT2D eigenvalue weighted by molar-refractivity contribution is 5.95. The van der Waals surface area contributed by atoms with Gasteiger partial charge in [0.15, 0.2) is 0 Å². The number of aromatic amines is 1. The zero-order chi connectivity index (χ0) is 10.8. The van der Waals surface area contributed by atoms with Gasteiger partial charge in [0, 0.05) is 12.7 Å². The van der Waals surface area contributed by atoms with Crippen LogP contribution in [0.5, 0.6) is 0 Å². The van der Waals surface area contributed by atoms with Crippen LogP contribution in [0.1, 0.15) is 0 Å². The molecule has 1 aromatic carbocycles. The number of carbonyl (C=O) groups excluding carboxylic acids is 1. The molecule has 5 heteroatoms. The van der Waals surface area contributed by atoms with Crippen LogP contribution >= 0.6 is 0 Å². The minimum Gasteiger partial charge on any atom is -0.345 e. The molecule has 1 amide bonds. The molecule has 78 valence electrons. The van der Waals surface area contributed by atoms with Crippen LogP contribution in [0.2, 0.25) is 0 Å². The number of nitrogens with two attached hydrogens (primary N) is 1. The van der Waals surface area contributed by atoms with Crippen LogP contribution in [0.15, 0.2) is 24.5 Å². The van der Waals surface area contributed by atoms with Gasteiger partial charge < -0.3 is 15.6 Å². The molecule has 2 aromatic rings. The van der Waals surface area contributed by atoms with Crippen LogP contribution in [-0.2, 0) is 4.79 Å². The Hall–Kier alpha value is -1.88. The maximum atomic E-state index is 11.4. The molecule has 0 saturated heterocycles. The molecular formula is C10H12N4O. The maximum absolute atomic E-state index is 11.4. The van der Waals surface area contributed by atoms with Crippen molar-refractivity contribution in [2.45, 2.75) is 0 Å². The first kappa shape index (κ1) is 9.67. The van der Waals surface area contributed by atoms with E-state index in [9.17, 15) is 4.79 Å². The van der Waals surface area contributed by atoms with Gasteiger partial charge in [0.2, 0.25) is 5.91 Å². The number of nitrogens with one attached hydrogen (secondary N) is 1. The average Bonchev–Trinajstić information content (AvgIpc) is 2.73. The van der Waals surface area contributed by atoms with Gasteiger partial charge in [0.1, 0.15) is 0 Å². The van der Waals surface area contributed by atoms with Crippen molar-refractivity contribution in [3.8, 4) is 0 Å². The van der Waals surface area contributed by atoms with Gasteiger partial charge in [-0.1, -0.05) is 0 Å². The largest absolute Gasteiger partial charge is 0.345 e. The summed E-state index contributed by atoms with van der Waals surface area (Å²) >= 11 is 0. The predicted octanol–water partition coefficient (Wildman–Crippen LogP) is 0.484. The van der Waals surface area contributed by atoms with Crippen molar-refractivity contribution in [3.63, 3.8) is 0 Å². The number of rotatable bonds is 2. The number of H-pyrrole nitrogens is 1. The Morgan fingerprint density at radius 1 is 1.60 bits per heavy atom. The lowest BCUT2D eigenvalue weighted by molar-refractivity contribution is -0.117. The molecule has 0 atom stereocenters. The van der Waals surface area contributed by atoms with Crippen molar-refractivity contribution >= 4 is 22.6 Å². The fourth-order valence-electron chi connectivity index (χ4n) is 1.41. The third kappa shape index (κ3) is 1.69. The quantitative estimate of drug-likeness (QED) is 0.747. The fourth-order valence-corrected chi connectivity index (χ4v) is 1.41. The Morgan fingerprint density at radius 3 is 3.13 bits per heavy atom. The van der Waals surface area contributed by atoms with E-state index >= 15 is 0 Å². The molecule has 0 saturated carbocycles. The number of amides is 1. The van der Waals surface area contributed by atoms with Gasteiger partial charge in [-0.25, -0.2) is 4.98 Å². The second-order valence-corrected chi connectivity index (χ2v) is 3.26. The second kappa shape index (κ2) is 3.70. The van der Waals surface area contributed by atoms with E-state index < -0.39 is 0 Å². The molecular weight excluding hydrogens is 192 g/mol. The van der Waals surface area contributed by atoms with Crippen molar-refractivity contribution in [2.75, 3.05) is 18.5 Å². The summed E-state index contributed by atoms with van der Waals surface area (Å²) in [6.07, 6.45) is 1.62. The van der Waals surface area contributed by atoms with E-state index in [0.29, 0.717) is 0 Å². The lowest BCUT2D eigenvalue weighted by atomic mass is 10.2. The molecule has 5 nitrogen and oxygen atoms in total. The number of benzene rings is 1. The molecule has 15 heavy (non-hydrogen) atoms. The Balaban J connectivity index is 2.39. The normalized spacial score (nSPS) is 10.5. The van der Waals surface area contributed by atoms with E-state index in [0.717, 1.165) is 16.7 Å². The molecule has 0 aliphatic heterocycles. The van der Waals surface area contributed by atoms with Gasteiger partial charge >= 0.3 is 0 Å². The highest BCUT2D eigenvalue weighted by Gasteiger charge is 2.09. The fraction of sp³-hybridized carbons (Fsp3) is 0.200. The average molecular weight is 204 g/mol. The molecule has 0 bridgehead atoms. The molecule has 0 radical (unpaired) electrons. The van der Waals surface area contributed by atoms with Crippen LogP contribution in [-0.4, -0.2) is 29.5 Å². The molecule has 3 N–H and O–H groups in total. The zero-order valence-electron chi connectivity index (χ0n) is 8.40. The molecule has 0 aliphatic carbocycles. The first-order valence-corrected chi connectivity index (χ1v) is 4.62. The number of nitrogens with zero attached hydrogens (tertiary/aromatic N) is 2. The number of imidazole rings is 1. The lowest BCUT2D eigenvalue weighted by Gasteiger charge is -2.15. The van der Waals surface area contributed by atoms with Crippen molar-refractivity contribution in [2.24, 2.45) is 5.73 Å². The van der Waals surface area contributed by atoms with Gasteiger partial charge in [-0.15, -0.1) is 0 Å². The first-order chi connectivity index (χ1) is 7.22. The molecule has 1 heterocycles. The number of carbonyl (C=O) groups is 1. The second-order valence-electron chi connectivity index (χ2n) is 3.26. The van der Waals surface area contributed by atoms with Crippen LogP contribution in [0.25, 0.3) is 11.0 Å². The summed E-state index contributed by atoms with van der Waals surface area (Å²) in [6, 6.07) is 5.58. The summed E-state index contributed by atoms with van der Waals surface area (Å²) in [6.45, 7) is 0.0114. The van der Waals surface area contributed by atoms with Gasteiger partial charge in [-0.05, 0) is 18.2 Å². The number of anilines is 1. The van der Waals surface area contributed by atoms with Crippen molar-refractivity contribution < 1.29 is 4.79 Å². The highest BCUT2D eigenvalue weighted by Crippen LogP contribution is 2.18. The summed E-state index contributed by atoms with van der Waals surface area (Å²) in [4.78, 5) is 20.0. The minimum absolute atomic E-state index is 0.0114. The third-order valence-electron chi connectivity index (χ3n) is 2.34. The topological polar surface area (TPSA) is 75.0 Å². The smallest absolute Gasteiger partial charge is 0.240 e. The Morgan fingerprint density at radius 2 is 2.40 bits per heavy atom. The predicted molar refractivity (Wildman–Crippen MR) is 58.6 cm³/mol. The number of hydrogen-bond donors (Lipinski definition) is 2. The lowest BCUT2D eigenvalue weighted by Crippen LogP contribution is -2.32. The molecule has 2 rings (SSSR count). The van der Waals surface area contributed by atoms with E-state index in [1.807, 2.05) is 18.2 Å². The van der Waals surface area contributed by atoms with E-state index in [1.165, 1.54) is 4.90 Å². The minimum atomic E-state index is -0.117. The molecule has 0 aliphatic rings. The Bertz CT molecular complexity index is 491. The number of likely N-dealkylation sites (N-methyl/N-ethyl adjacent to an activating group) is 1. The maximum Gasteiger partial charge on any atom is 0.240 e.